The van der Waals surface area contributed by atoms with E-state index in [2.05, 4.69) is 61.8 Å². The number of fused-ring (bicyclic) bond motifs is 1. The fourth-order valence-corrected chi connectivity index (χ4v) is 3.44. The fourth-order valence-electron chi connectivity index (χ4n) is 3.44. The third kappa shape index (κ3) is 3.72. The Hall–Kier alpha value is -3.43. The van der Waals surface area contributed by atoms with Crippen molar-refractivity contribution < 1.29 is 17.0 Å². The van der Waals surface area contributed by atoms with E-state index in [1.807, 2.05) is 36.4 Å². The molecule has 1 N–H and O–H groups in total. The highest BCUT2D eigenvalue weighted by Gasteiger charge is 2.27. The number of hydrogen-bond donors (Lipinski definition) is 1. The van der Waals surface area contributed by atoms with Gasteiger partial charge in [-0.3, -0.25) is 0 Å². The van der Waals surface area contributed by atoms with Gasteiger partial charge in [0.25, 0.3) is 5.65 Å². The van der Waals surface area contributed by atoms with Crippen LogP contribution in [-0.2, 0) is 0 Å². The first-order valence-corrected chi connectivity index (χ1v) is 9.64. The summed E-state index contributed by atoms with van der Waals surface area (Å²) in [6.45, 7) is 8.32. The van der Waals surface area contributed by atoms with E-state index >= 15 is 0 Å². The first kappa shape index (κ1) is 21.3. The molecule has 0 spiro atoms. The van der Waals surface area contributed by atoms with Crippen molar-refractivity contribution in [2.24, 2.45) is 0 Å². The summed E-state index contributed by atoms with van der Waals surface area (Å²) in [6, 6.07) is 20.2. The van der Waals surface area contributed by atoms with Crippen LogP contribution in [-0.4, -0.2) is 14.6 Å². The van der Waals surface area contributed by atoms with Crippen LogP contribution in [0.4, 0.5) is 11.5 Å². The van der Waals surface area contributed by atoms with Crippen molar-refractivity contribution in [2.45, 2.75) is 33.6 Å². The van der Waals surface area contributed by atoms with Gasteiger partial charge in [0, 0.05) is 5.69 Å². The molecule has 0 unspecified atom stereocenters. The van der Waals surface area contributed by atoms with Crippen molar-refractivity contribution in [3.63, 3.8) is 0 Å². The smallest absolute Gasteiger partial charge is 0.315 e. The minimum Gasteiger partial charge on any atom is -1.00 e. The number of aryl methyl sites for hydroxylation is 2. The number of benzene rings is 1. The number of nitrogens with one attached hydrogen (secondary N) is 1. The minimum absolute atomic E-state index is 0. The molecule has 6 nitrogen and oxygen atoms in total. The molecule has 3 heterocycles. The van der Waals surface area contributed by atoms with E-state index in [-0.39, 0.29) is 18.3 Å². The molecule has 152 valence electrons. The monoisotopic (exact) mass is 418 g/mol. The van der Waals surface area contributed by atoms with Gasteiger partial charge in [-0.2, -0.15) is 9.83 Å². The zero-order valence-corrected chi connectivity index (χ0v) is 18.1. The number of anilines is 2. The van der Waals surface area contributed by atoms with E-state index in [4.69, 9.17) is 10.1 Å². The van der Waals surface area contributed by atoms with Gasteiger partial charge in [-0.05, 0) is 44.0 Å². The van der Waals surface area contributed by atoms with Crippen LogP contribution >= 0.6 is 0 Å². The van der Waals surface area contributed by atoms with Crippen LogP contribution in [0, 0.1) is 25.2 Å². The maximum Gasteiger partial charge on any atom is 0.315 e. The Kier molecular flexibility index (Phi) is 6.04. The largest absolute Gasteiger partial charge is 1.00 e. The molecule has 0 amide bonds. The van der Waals surface area contributed by atoms with Gasteiger partial charge in [-0.15, -0.1) is 0 Å². The van der Waals surface area contributed by atoms with Crippen molar-refractivity contribution >= 4 is 17.2 Å². The number of nitrogens with zero attached hydrogens (tertiary/aromatic N) is 5. The van der Waals surface area contributed by atoms with Crippen molar-refractivity contribution in [3.05, 3.63) is 77.2 Å². The quantitative estimate of drug-likeness (QED) is 0.508. The normalized spacial score (nSPS) is 10.7. The van der Waals surface area contributed by atoms with Gasteiger partial charge in [0.15, 0.2) is 11.4 Å². The molecule has 0 bridgehead atoms. The van der Waals surface area contributed by atoms with Crippen molar-refractivity contribution in [3.8, 4) is 11.9 Å². The summed E-state index contributed by atoms with van der Waals surface area (Å²) in [5.41, 5.74) is 4.95. The molecular weight excluding hydrogens is 396 g/mol. The van der Waals surface area contributed by atoms with Crippen LogP contribution < -0.4 is 22.3 Å². The molecular formula is C23H23ClN6. The van der Waals surface area contributed by atoms with Gasteiger partial charge in [0.1, 0.15) is 17.5 Å². The second-order valence-electron chi connectivity index (χ2n) is 7.40. The fraction of sp³-hybridized carbons (Fsp3) is 0.217. The van der Waals surface area contributed by atoms with Crippen LogP contribution in [0.25, 0.3) is 11.5 Å². The summed E-state index contributed by atoms with van der Waals surface area (Å²) in [7, 11) is 0. The van der Waals surface area contributed by atoms with E-state index in [1.54, 1.807) is 4.52 Å². The lowest BCUT2D eigenvalue weighted by molar-refractivity contribution is -0.614. The number of rotatable bonds is 4. The SMILES string of the molecule is Cc1cccc(C)[n+]1-c1cc(C(C)C)nc2c(C#N)c(Nc3ccccc3)nn12.[Cl-]. The van der Waals surface area contributed by atoms with Gasteiger partial charge < -0.3 is 17.7 Å². The summed E-state index contributed by atoms with van der Waals surface area (Å²) in [5, 5.41) is 17.9. The summed E-state index contributed by atoms with van der Waals surface area (Å²) in [5.74, 6) is 1.59. The topological polar surface area (TPSA) is 69.9 Å². The average molecular weight is 419 g/mol. The molecule has 0 atom stereocenters. The van der Waals surface area contributed by atoms with Gasteiger partial charge in [-0.25, -0.2) is 4.98 Å². The lowest BCUT2D eigenvalue weighted by atomic mass is 10.1. The summed E-state index contributed by atoms with van der Waals surface area (Å²) in [6.07, 6.45) is 0. The predicted octanol–water partition coefficient (Wildman–Crippen LogP) is 1.37. The van der Waals surface area contributed by atoms with E-state index in [0.29, 0.717) is 17.0 Å². The van der Waals surface area contributed by atoms with Crippen molar-refractivity contribution in [2.75, 3.05) is 5.32 Å². The molecule has 7 heteroatoms. The van der Waals surface area contributed by atoms with Crippen LogP contribution in [0.15, 0.2) is 54.6 Å². The standard InChI is InChI=1S/C23H23N6.ClH/c1-15(2)20-13-21(28-16(3)9-8-10-17(28)4)29-23(26-20)19(14-24)22(27-29)25-18-11-6-5-7-12-18;/h5-13,15H,1-4H3,(H,25,27);1H/q+1;/p-1. The second-order valence-corrected chi connectivity index (χ2v) is 7.40. The highest BCUT2D eigenvalue weighted by atomic mass is 35.5. The molecule has 0 radical (unpaired) electrons. The maximum atomic E-state index is 9.89. The highest BCUT2D eigenvalue weighted by Crippen LogP contribution is 2.25. The van der Waals surface area contributed by atoms with Crippen LogP contribution in [0.3, 0.4) is 0 Å². The summed E-state index contributed by atoms with van der Waals surface area (Å²) < 4.78 is 3.90. The van der Waals surface area contributed by atoms with E-state index in [1.165, 1.54) is 0 Å². The number of halogens is 1. The number of nitriles is 1. The molecule has 0 aliphatic heterocycles. The Bertz CT molecular complexity index is 1220. The number of pyridine rings is 1. The average Bonchev–Trinajstić information content (AvgIpc) is 3.05. The lowest BCUT2D eigenvalue weighted by Gasteiger charge is -2.09. The van der Waals surface area contributed by atoms with Crippen molar-refractivity contribution in [1.29, 1.82) is 5.26 Å². The Morgan fingerprint density at radius 1 is 1.03 bits per heavy atom. The molecule has 1 aromatic carbocycles. The number of aromatic nitrogens is 4. The molecule has 0 fully saturated rings. The van der Waals surface area contributed by atoms with Crippen LogP contribution in [0.2, 0.25) is 0 Å². The Balaban J connectivity index is 0.00000256. The molecule has 4 aromatic rings. The Labute approximate surface area is 182 Å². The molecule has 0 aliphatic carbocycles. The first-order valence-electron chi connectivity index (χ1n) is 9.64. The molecule has 30 heavy (non-hydrogen) atoms. The van der Waals surface area contributed by atoms with Gasteiger partial charge in [-0.1, -0.05) is 47.7 Å². The molecule has 0 saturated carbocycles. The lowest BCUT2D eigenvalue weighted by Crippen LogP contribution is -3.00. The minimum atomic E-state index is 0. The zero-order valence-electron chi connectivity index (χ0n) is 17.4. The van der Waals surface area contributed by atoms with Gasteiger partial charge in [0.05, 0.1) is 11.8 Å². The number of para-hydroxylation sites is 1. The van der Waals surface area contributed by atoms with Crippen LogP contribution in [0.5, 0.6) is 0 Å². The zero-order chi connectivity index (χ0) is 20.5. The third-order valence-corrected chi connectivity index (χ3v) is 4.94. The Morgan fingerprint density at radius 2 is 1.70 bits per heavy atom. The summed E-state index contributed by atoms with van der Waals surface area (Å²) >= 11 is 0. The summed E-state index contributed by atoms with van der Waals surface area (Å²) in [4.78, 5) is 4.78. The molecule has 4 rings (SSSR count). The van der Waals surface area contributed by atoms with Crippen LogP contribution in [0.1, 0.15) is 42.4 Å². The van der Waals surface area contributed by atoms with Crippen molar-refractivity contribution in [1.82, 2.24) is 14.6 Å². The Morgan fingerprint density at radius 3 is 2.30 bits per heavy atom. The third-order valence-electron chi connectivity index (χ3n) is 4.94. The molecule has 0 saturated heterocycles. The van der Waals surface area contributed by atoms with E-state index in [9.17, 15) is 5.26 Å². The maximum absolute atomic E-state index is 9.89. The van der Waals surface area contributed by atoms with E-state index in [0.717, 1.165) is 28.6 Å². The van der Waals surface area contributed by atoms with Gasteiger partial charge in [0.2, 0.25) is 0 Å². The second kappa shape index (κ2) is 8.52. The van der Waals surface area contributed by atoms with E-state index < -0.39 is 0 Å². The molecule has 3 aromatic heterocycles. The number of hydrogen-bond acceptors (Lipinski definition) is 4. The van der Waals surface area contributed by atoms with Gasteiger partial charge >= 0.3 is 5.82 Å². The predicted molar refractivity (Wildman–Crippen MR) is 113 cm³/mol. The first-order chi connectivity index (χ1) is 14.0. The highest BCUT2D eigenvalue weighted by molar-refractivity contribution is 5.72. The molecule has 0 aliphatic rings.